The van der Waals surface area contributed by atoms with E-state index in [0.717, 1.165) is 22.3 Å². The number of nitriles is 1. The molecule has 2 aliphatic rings. The summed E-state index contributed by atoms with van der Waals surface area (Å²) in [6.07, 6.45) is 3.29. The summed E-state index contributed by atoms with van der Waals surface area (Å²) >= 11 is 0. The maximum atomic E-state index is 13.5. The molecule has 0 radical (unpaired) electrons. The maximum absolute atomic E-state index is 13.5. The van der Waals surface area contributed by atoms with Gasteiger partial charge in [0.2, 0.25) is 0 Å². The smallest absolute Gasteiger partial charge is 0.333 e. The van der Waals surface area contributed by atoms with Gasteiger partial charge < -0.3 is 48.3 Å². The molecule has 2 aliphatic heterocycles. The molecule has 2 fully saturated rings. The molecular weight excluding hydrogens is 1130 g/mol. The van der Waals surface area contributed by atoms with E-state index in [2.05, 4.69) is 72.5 Å². The molecule has 2 saturated heterocycles. The maximum Gasteiger partial charge on any atom is 0.333 e. The van der Waals surface area contributed by atoms with E-state index in [4.69, 9.17) is 37.5 Å². The van der Waals surface area contributed by atoms with Crippen molar-refractivity contribution in [1.82, 2.24) is 39.0 Å². The largest absolute Gasteiger partial charge is 0.497 e. The number of imidazole rings is 2. The van der Waals surface area contributed by atoms with E-state index < -0.39 is 69.2 Å². The summed E-state index contributed by atoms with van der Waals surface area (Å²) in [5, 5.41) is 27.3. The number of hydrogen-bond acceptors (Lipinski definition) is 17. The number of carbonyl (C=O) groups is 2. The molecule has 0 aliphatic carbocycles. The number of hydrogen-bond donors (Lipinski definition) is 3. The first-order valence-electron chi connectivity index (χ1n) is 28.6. The van der Waals surface area contributed by atoms with Gasteiger partial charge in [-0.05, 0) is 78.3 Å². The Balaban J connectivity index is 0.963. The zero-order valence-electron chi connectivity index (χ0n) is 48.5. The van der Waals surface area contributed by atoms with Gasteiger partial charge in [0.25, 0.3) is 11.8 Å². The first kappa shape index (κ1) is 60.0. The highest BCUT2D eigenvalue weighted by Crippen LogP contribution is 2.54. The summed E-state index contributed by atoms with van der Waals surface area (Å²) < 4.78 is 51.7. The van der Waals surface area contributed by atoms with Crippen LogP contribution in [0.5, 0.6) is 5.75 Å². The highest BCUT2D eigenvalue weighted by molar-refractivity contribution is 7.41. The summed E-state index contributed by atoms with van der Waals surface area (Å²) in [6, 6.07) is 45.9. The lowest BCUT2D eigenvalue weighted by molar-refractivity contribution is -0.0944. The molecule has 0 saturated carbocycles. The van der Waals surface area contributed by atoms with Crippen LogP contribution in [0.25, 0.3) is 22.3 Å². The second-order valence-electron chi connectivity index (χ2n) is 21.6. The van der Waals surface area contributed by atoms with Crippen LogP contribution in [0.15, 0.2) is 177 Å². The van der Waals surface area contributed by atoms with Crippen LogP contribution >= 0.6 is 8.60 Å². The number of ether oxygens (including phenoxy) is 4. The fraction of sp³-hybridized carbons (Fsp3) is 0.308. The topological polar surface area (TPSA) is 254 Å². The fourth-order valence-electron chi connectivity index (χ4n) is 11.1. The minimum absolute atomic E-state index is 0.0148. The standard InChI is InChI=1S/C65H66N11O10P/c1-6-32-64(4,7-2)53(31-33-66)86-87(84-49-34-54(82-51(49)36-77)75-40-71-56-58(67-38-69-60(56)75)73-62(78)43-17-11-8-12-18-43)85-50-35-55(76-41-72-57-59(68-39-70-61(57)76)74-63(79)44-19-13-9-14-20-44)83-52(50)37-81-65(45-21-15-10-16-22-45,46-25-23-42(3)24-26-46)47-27-29-48(80-5)30-28-47/h6,8-30,38-41,49-55,77H,1,7,31-32,34-37H2,2-5H3,(H,67,69,73,78)(H,68,70,74,79). The summed E-state index contributed by atoms with van der Waals surface area (Å²) in [7, 11) is -0.848. The van der Waals surface area contributed by atoms with Gasteiger partial charge in [0.05, 0.1) is 63.8 Å². The van der Waals surface area contributed by atoms with Gasteiger partial charge in [-0.1, -0.05) is 129 Å². The monoisotopic (exact) mass is 1190 g/mol. The minimum Gasteiger partial charge on any atom is -0.497 e. The van der Waals surface area contributed by atoms with Crippen LogP contribution in [0.3, 0.4) is 0 Å². The number of allylic oxidation sites excluding steroid dienone is 1. The Labute approximate surface area is 504 Å². The molecule has 22 heteroatoms. The number of aryl methyl sites for hydroxylation is 1. The number of rotatable bonds is 25. The summed E-state index contributed by atoms with van der Waals surface area (Å²) in [4.78, 5) is 54.1. The fourth-order valence-corrected chi connectivity index (χ4v) is 12.7. The van der Waals surface area contributed by atoms with Crippen molar-refractivity contribution in [3.63, 3.8) is 0 Å². The van der Waals surface area contributed by atoms with Crippen LogP contribution in [0.1, 0.15) is 101 Å². The van der Waals surface area contributed by atoms with E-state index in [1.54, 1.807) is 77.4 Å². The van der Waals surface area contributed by atoms with E-state index in [-0.39, 0.29) is 49.3 Å². The zero-order valence-corrected chi connectivity index (χ0v) is 49.4. The molecule has 6 heterocycles. The number of aliphatic hydroxyl groups is 1. The number of nitrogens with zero attached hydrogens (tertiary/aromatic N) is 9. The Hall–Kier alpha value is -8.68. The lowest BCUT2D eigenvalue weighted by Crippen LogP contribution is -2.39. The normalized spacial score (nSPS) is 20.5. The van der Waals surface area contributed by atoms with Crippen LogP contribution in [-0.4, -0.2) is 107 Å². The van der Waals surface area contributed by atoms with Crippen LogP contribution in [0.2, 0.25) is 0 Å². The van der Waals surface area contributed by atoms with Crippen molar-refractivity contribution < 1.29 is 47.2 Å². The third kappa shape index (κ3) is 12.8. The number of aliphatic hydroxyl groups excluding tert-OH is 1. The highest BCUT2D eigenvalue weighted by Gasteiger charge is 2.48. The summed E-state index contributed by atoms with van der Waals surface area (Å²) in [5.41, 5.74) is 4.04. The summed E-state index contributed by atoms with van der Waals surface area (Å²) in [6.45, 7) is 9.65. The Morgan fingerprint density at radius 2 is 1.23 bits per heavy atom. The van der Waals surface area contributed by atoms with E-state index in [1.165, 1.54) is 12.7 Å². The predicted octanol–water partition coefficient (Wildman–Crippen LogP) is 11.4. The van der Waals surface area contributed by atoms with Gasteiger partial charge in [-0.25, -0.2) is 29.9 Å². The molecule has 9 aromatic rings. The van der Waals surface area contributed by atoms with E-state index >= 15 is 0 Å². The third-order valence-electron chi connectivity index (χ3n) is 16.1. The number of anilines is 2. The van der Waals surface area contributed by atoms with Gasteiger partial charge in [-0.3, -0.25) is 18.7 Å². The van der Waals surface area contributed by atoms with E-state index in [9.17, 15) is 20.0 Å². The molecule has 4 aromatic heterocycles. The van der Waals surface area contributed by atoms with Crippen molar-refractivity contribution in [2.75, 3.05) is 31.0 Å². The molecule has 0 bridgehead atoms. The molecule has 446 valence electrons. The minimum atomic E-state index is -2.47. The zero-order chi connectivity index (χ0) is 60.5. The van der Waals surface area contributed by atoms with Crippen molar-refractivity contribution in [1.29, 1.82) is 5.26 Å². The van der Waals surface area contributed by atoms with Gasteiger partial charge in [0.15, 0.2) is 34.0 Å². The number of benzene rings is 5. The first-order valence-corrected chi connectivity index (χ1v) is 29.7. The number of amides is 2. The first-order chi connectivity index (χ1) is 42.4. The molecular formula is C65H66N11O10P. The quantitative estimate of drug-likeness (QED) is 0.0273. The average Bonchev–Trinajstić information content (AvgIpc) is 2.19. The molecule has 0 spiro atoms. The molecule has 5 aromatic carbocycles. The van der Waals surface area contributed by atoms with Crippen molar-refractivity contribution >= 4 is 54.4 Å². The van der Waals surface area contributed by atoms with Crippen molar-refractivity contribution in [3.8, 4) is 11.8 Å². The Morgan fingerprint density at radius 1 is 0.736 bits per heavy atom. The van der Waals surface area contributed by atoms with Crippen LogP contribution in [-0.2, 0) is 33.4 Å². The number of fused-ring (bicyclic) bond motifs is 2. The van der Waals surface area contributed by atoms with Gasteiger partial charge in [-0.15, -0.1) is 6.58 Å². The number of methoxy groups -OCH3 is 1. The third-order valence-corrected chi connectivity index (χ3v) is 17.5. The number of carbonyl (C=O) groups excluding carboxylic acids is 2. The Morgan fingerprint density at radius 3 is 1.72 bits per heavy atom. The molecule has 10 atom stereocenters. The summed E-state index contributed by atoms with van der Waals surface area (Å²) in [5.74, 6) is 0.337. The second-order valence-corrected chi connectivity index (χ2v) is 22.6. The molecule has 10 unspecified atom stereocenters. The van der Waals surface area contributed by atoms with Crippen molar-refractivity contribution in [3.05, 3.63) is 211 Å². The van der Waals surface area contributed by atoms with E-state index in [1.807, 2.05) is 93.6 Å². The molecule has 3 N–H and O–H groups in total. The molecule has 87 heavy (non-hydrogen) atoms. The van der Waals surface area contributed by atoms with Crippen LogP contribution in [0, 0.1) is 23.7 Å². The van der Waals surface area contributed by atoms with Crippen molar-refractivity contribution in [2.45, 2.75) is 101 Å². The van der Waals surface area contributed by atoms with Crippen molar-refractivity contribution in [2.24, 2.45) is 5.41 Å². The Kier molecular flexibility index (Phi) is 18.6. The van der Waals surface area contributed by atoms with Gasteiger partial charge in [-0.2, -0.15) is 5.26 Å². The SMILES string of the molecule is C=CCC(C)(CC)C(CC#N)OP(OC1CC(n2cnc3c(NC(=O)c4ccccc4)ncnc32)OC1CO)OC1CC(n2cnc3c(NC(=O)c4ccccc4)ncnc32)OC1COC(c1ccccc1)(c1ccc(C)cc1)c1ccc(OC)cc1. The highest BCUT2D eigenvalue weighted by atomic mass is 31.2. The predicted molar refractivity (Wildman–Crippen MR) is 325 cm³/mol. The average molecular weight is 1190 g/mol. The van der Waals surface area contributed by atoms with Crippen LogP contribution in [0.4, 0.5) is 11.6 Å². The van der Waals surface area contributed by atoms with Gasteiger partial charge in [0, 0.05) is 24.0 Å². The lowest BCUT2D eigenvalue weighted by atomic mass is 9.77. The van der Waals surface area contributed by atoms with Gasteiger partial charge >= 0.3 is 8.60 Å². The lowest BCUT2D eigenvalue weighted by Gasteiger charge is -2.38. The Bertz CT molecular complexity index is 3860. The number of aromatic nitrogens is 8. The van der Waals surface area contributed by atoms with E-state index in [0.29, 0.717) is 52.0 Å². The van der Waals surface area contributed by atoms with Crippen LogP contribution < -0.4 is 15.4 Å². The molecule has 11 rings (SSSR count). The second kappa shape index (κ2) is 26.9. The molecule has 2 amide bonds. The molecule has 21 nitrogen and oxygen atoms in total. The number of nitrogens with one attached hydrogen (secondary N) is 2. The van der Waals surface area contributed by atoms with Gasteiger partial charge in [0.1, 0.15) is 48.7 Å².